The van der Waals surface area contributed by atoms with Crippen molar-refractivity contribution in [2.45, 2.75) is 51.7 Å². The molecule has 6 heteroatoms. The van der Waals surface area contributed by atoms with E-state index < -0.39 is 5.97 Å². The monoisotopic (exact) mass is 286 g/mol. The Morgan fingerprint density at radius 3 is 2.60 bits per heavy atom. The van der Waals surface area contributed by atoms with E-state index in [0.29, 0.717) is 0 Å². The summed E-state index contributed by atoms with van der Waals surface area (Å²) in [5.41, 5.74) is 0. The van der Waals surface area contributed by atoms with Crippen molar-refractivity contribution in [1.82, 2.24) is 10.2 Å². The Balaban J connectivity index is 2.25. The van der Waals surface area contributed by atoms with Crippen molar-refractivity contribution in [3.8, 4) is 0 Å². The number of likely N-dealkylation sites (tertiary alicyclic amines) is 1. The molecule has 116 valence electrons. The highest BCUT2D eigenvalue weighted by molar-refractivity contribution is 5.81. The minimum atomic E-state index is -0.934. The first-order valence-electron chi connectivity index (χ1n) is 7.39. The average Bonchev–Trinajstić information content (AvgIpc) is 2.45. The molecule has 1 fully saturated rings. The summed E-state index contributed by atoms with van der Waals surface area (Å²) in [4.78, 5) is 24.5. The first kappa shape index (κ1) is 16.9. The van der Waals surface area contributed by atoms with Gasteiger partial charge in [-0.3, -0.25) is 9.69 Å². The molecule has 1 unspecified atom stereocenters. The maximum atomic E-state index is 12.0. The van der Waals surface area contributed by atoms with Gasteiger partial charge in [0.25, 0.3) is 0 Å². The van der Waals surface area contributed by atoms with Crippen molar-refractivity contribution in [1.29, 1.82) is 0 Å². The van der Waals surface area contributed by atoms with E-state index in [4.69, 9.17) is 9.84 Å². The summed E-state index contributed by atoms with van der Waals surface area (Å²) in [6.07, 6.45) is 3.63. The van der Waals surface area contributed by atoms with Crippen LogP contribution in [0.2, 0.25) is 0 Å². The van der Waals surface area contributed by atoms with Crippen molar-refractivity contribution < 1.29 is 19.4 Å². The Kier molecular flexibility index (Phi) is 7.54. The molecule has 1 saturated heterocycles. The summed E-state index contributed by atoms with van der Waals surface area (Å²) < 4.78 is 5.29. The lowest BCUT2D eigenvalue weighted by Gasteiger charge is -2.35. The number of carbonyl (C=O) groups is 2. The van der Waals surface area contributed by atoms with Crippen LogP contribution in [0.4, 0.5) is 0 Å². The quantitative estimate of drug-likeness (QED) is 0.647. The highest BCUT2D eigenvalue weighted by Crippen LogP contribution is 2.16. The lowest BCUT2D eigenvalue weighted by molar-refractivity contribution is -0.145. The number of amides is 1. The Morgan fingerprint density at radius 1 is 1.40 bits per heavy atom. The largest absolute Gasteiger partial charge is 0.480 e. The molecule has 1 aliphatic rings. The molecule has 20 heavy (non-hydrogen) atoms. The number of carboxylic acids is 1. The third-order valence-corrected chi connectivity index (χ3v) is 3.68. The van der Waals surface area contributed by atoms with Crippen molar-refractivity contribution in [2.24, 2.45) is 0 Å². The lowest BCUT2D eigenvalue weighted by atomic mass is 10.1. The molecule has 2 N–H and O–H groups in total. The number of carbonyl (C=O) groups excluding carboxylic acids is 1. The minimum Gasteiger partial charge on any atom is -0.480 e. The zero-order chi connectivity index (χ0) is 15.0. The van der Waals surface area contributed by atoms with Gasteiger partial charge in [0.15, 0.2) is 0 Å². The molecule has 6 nitrogen and oxygen atoms in total. The first-order chi connectivity index (χ1) is 9.54. The SMILES string of the molecule is CCCCNC(=O)C(C)N1CCC(OCC(=O)O)CC1. The summed E-state index contributed by atoms with van der Waals surface area (Å²) in [7, 11) is 0. The zero-order valence-electron chi connectivity index (χ0n) is 12.4. The van der Waals surface area contributed by atoms with E-state index in [9.17, 15) is 9.59 Å². The molecular weight excluding hydrogens is 260 g/mol. The Bertz CT molecular complexity index is 314. The fraction of sp³-hybridized carbons (Fsp3) is 0.857. The van der Waals surface area contributed by atoms with Gasteiger partial charge in [-0.25, -0.2) is 4.79 Å². The topological polar surface area (TPSA) is 78.9 Å². The molecule has 0 radical (unpaired) electrons. The molecular formula is C14H26N2O4. The molecule has 0 aromatic rings. The fourth-order valence-corrected chi connectivity index (χ4v) is 2.32. The second-order valence-corrected chi connectivity index (χ2v) is 5.26. The number of ether oxygens (including phenoxy) is 1. The van der Waals surface area contributed by atoms with Crippen LogP contribution in [0.5, 0.6) is 0 Å². The zero-order valence-corrected chi connectivity index (χ0v) is 12.4. The number of unbranched alkanes of at least 4 members (excludes halogenated alkanes) is 1. The second kappa shape index (κ2) is 8.92. The molecule has 0 aromatic carbocycles. The second-order valence-electron chi connectivity index (χ2n) is 5.26. The lowest BCUT2D eigenvalue weighted by Crippen LogP contribution is -2.49. The Labute approximate surface area is 120 Å². The van der Waals surface area contributed by atoms with Gasteiger partial charge in [0.1, 0.15) is 6.61 Å². The number of nitrogens with zero attached hydrogens (tertiary/aromatic N) is 1. The first-order valence-corrected chi connectivity index (χ1v) is 7.39. The van der Waals surface area contributed by atoms with Crippen LogP contribution in [0.25, 0.3) is 0 Å². The molecule has 1 heterocycles. The van der Waals surface area contributed by atoms with Gasteiger partial charge in [-0.15, -0.1) is 0 Å². The van der Waals surface area contributed by atoms with Gasteiger partial charge in [0.05, 0.1) is 12.1 Å². The van der Waals surface area contributed by atoms with Crippen molar-refractivity contribution in [2.75, 3.05) is 26.2 Å². The normalized spacial score (nSPS) is 18.7. The van der Waals surface area contributed by atoms with Gasteiger partial charge in [-0.1, -0.05) is 13.3 Å². The molecule has 1 amide bonds. The molecule has 0 aliphatic carbocycles. The fourth-order valence-electron chi connectivity index (χ4n) is 2.32. The van der Waals surface area contributed by atoms with Crippen molar-refractivity contribution >= 4 is 11.9 Å². The van der Waals surface area contributed by atoms with Gasteiger partial charge < -0.3 is 15.2 Å². The van der Waals surface area contributed by atoms with Gasteiger partial charge in [-0.2, -0.15) is 0 Å². The van der Waals surface area contributed by atoms with E-state index >= 15 is 0 Å². The smallest absolute Gasteiger partial charge is 0.329 e. The molecule has 1 atom stereocenters. The van der Waals surface area contributed by atoms with E-state index in [1.165, 1.54) is 0 Å². The van der Waals surface area contributed by atoms with Gasteiger partial charge >= 0.3 is 5.97 Å². The average molecular weight is 286 g/mol. The third kappa shape index (κ3) is 5.88. The highest BCUT2D eigenvalue weighted by atomic mass is 16.5. The molecule has 1 aliphatic heterocycles. The molecule has 1 rings (SSSR count). The summed E-state index contributed by atoms with van der Waals surface area (Å²) in [5, 5.41) is 11.5. The van der Waals surface area contributed by atoms with Crippen LogP contribution in [-0.2, 0) is 14.3 Å². The number of hydrogen-bond donors (Lipinski definition) is 2. The van der Waals surface area contributed by atoms with Gasteiger partial charge in [0.2, 0.25) is 5.91 Å². The number of hydrogen-bond acceptors (Lipinski definition) is 4. The Morgan fingerprint density at radius 2 is 2.05 bits per heavy atom. The standard InChI is InChI=1S/C14H26N2O4/c1-3-4-7-15-14(19)11(2)16-8-5-12(6-9-16)20-10-13(17)18/h11-12H,3-10H2,1-2H3,(H,15,19)(H,17,18). The van der Waals surface area contributed by atoms with Crippen LogP contribution < -0.4 is 5.32 Å². The Hall–Kier alpha value is -1.14. The predicted molar refractivity (Wildman–Crippen MR) is 75.6 cm³/mol. The molecule has 0 bridgehead atoms. The summed E-state index contributed by atoms with van der Waals surface area (Å²) in [5.74, 6) is -0.862. The van der Waals surface area contributed by atoms with Gasteiger partial charge in [0, 0.05) is 19.6 Å². The summed E-state index contributed by atoms with van der Waals surface area (Å²) in [6.45, 7) is 6.05. The van der Waals surface area contributed by atoms with E-state index in [2.05, 4.69) is 17.1 Å². The van der Waals surface area contributed by atoms with Crippen LogP contribution in [0, 0.1) is 0 Å². The van der Waals surface area contributed by atoms with E-state index in [1.807, 2.05) is 6.92 Å². The maximum absolute atomic E-state index is 12.0. The van der Waals surface area contributed by atoms with E-state index in [1.54, 1.807) is 0 Å². The predicted octanol–water partition coefficient (Wildman–Crippen LogP) is 0.857. The maximum Gasteiger partial charge on any atom is 0.329 e. The number of piperidine rings is 1. The molecule has 0 saturated carbocycles. The highest BCUT2D eigenvalue weighted by Gasteiger charge is 2.26. The molecule has 0 aromatic heterocycles. The van der Waals surface area contributed by atoms with Crippen LogP contribution in [0.1, 0.15) is 39.5 Å². The van der Waals surface area contributed by atoms with Crippen LogP contribution in [0.3, 0.4) is 0 Å². The summed E-state index contributed by atoms with van der Waals surface area (Å²) >= 11 is 0. The van der Waals surface area contributed by atoms with E-state index in [0.717, 1.165) is 45.3 Å². The number of nitrogens with one attached hydrogen (secondary N) is 1. The number of aliphatic carboxylic acids is 1. The summed E-state index contributed by atoms with van der Waals surface area (Å²) in [6, 6.07) is -0.132. The number of rotatable bonds is 8. The third-order valence-electron chi connectivity index (χ3n) is 3.68. The van der Waals surface area contributed by atoms with Crippen LogP contribution in [0.15, 0.2) is 0 Å². The molecule has 0 spiro atoms. The van der Waals surface area contributed by atoms with Crippen LogP contribution >= 0.6 is 0 Å². The number of carboxylic acid groups (broad SMARTS) is 1. The van der Waals surface area contributed by atoms with Crippen molar-refractivity contribution in [3.05, 3.63) is 0 Å². The van der Waals surface area contributed by atoms with Gasteiger partial charge in [-0.05, 0) is 26.2 Å². The van der Waals surface area contributed by atoms with E-state index in [-0.39, 0.29) is 24.7 Å². The van der Waals surface area contributed by atoms with Crippen LogP contribution in [-0.4, -0.2) is 60.3 Å². The van der Waals surface area contributed by atoms with Crippen molar-refractivity contribution in [3.63, 3.8) is 0 Å². The minimum absolute atomic E-state index is 0.00213.